The topological polar surface area (TPSA) is 44.8 Å². The molecule has 0 aromatic heterocycles. The van der Waals surface area contributed by atoms with E-state index in [1.54, 1.807) is 37.4 Å². The van der Waals surface area contributed by atoms with E-state index >= 15 is 0 Å². The summed E-state index contributed by atoms with van der Waals surface area (Å²) in [4.78, 5) is 12.6. The summed E-state index contributed by atoms with van der Waals surface area (Å²) < 4.78 is 16.6. The molecule has 0 saturated carbocycles. The second kappa shape index (κ2) is 7.84. The van der Waals surface area contributed by atoms with Crippen LogP contribution >= 0.6 is 0 Å². The highest BCUT2D eigenvalue weighted by atomic mass is 16.5. The lowest BCUT2D eigenvalue weighted by atomic mass is 10.1. The average Bonchev–Trinajstić information content (AvgIpc) is 2.74. The van der Waals surface area contributed by atoms with Gasteiger partial charge >= 0.3 is 5.97 Å². The van der Waals surface area contributed by atoms with Crippen molar-refractivity contribution in [3.05, 3.63) is 96.6 Å². The van der Waals surface area contributed by atoms with Crippen LogP contribution in [0.15, 0.2) is 91.0 Å². The molecule has 28 heavy (non-hydrogen) atoms. The molecule has 0 atom stereocenters. The molecule has 0 spiro atoms. The van der Waals surface area contributed by atoms with E-state index in [1.807, 2.05) is 60.7 Å². The Morgan fingerprint density at radius 1 is 0.643 bits per heavy atom. The lowest BCUT2D eigenvalue weighted by Crippen LogP contribution is -2.08. The van der Waals surface area contributed by atoms with Gasteiger partial charge in [-0.05, 0) is 65.4 Å². The number of rotatable bonds is 5. The van der Waals surface area contributed by atoms with Crippen molar-refractivity contribution in [2.45, 2.75) is 0 Å². The Bertz CT molecular complexity index is 1120. The zero-order valence-corrected chi connectivity index (χ0v) is 15.3. The van der Waals surface area contributed by atoms with Crippen molar-refractivity contribution in [1.82, 2.24) is 0 Å². The fraction of sp³-hybridized carbons (Fsp3) is 0.0417. The molecule has 4 aromatic carbocycles. The van der Waals surface area contributed by atoms with E-state index in [4.69, 9.17) is 14.2 Å². The minimum atomic E-state index is -0.444. The number of hydrogen-bond acceptors (Lipinski definition) is 4. The monoisotopic (exact) mass is 370 g/mol. The van der Waals surface area contributed by atoms with Crippen molar-refractivity contribution >= 4 is 16.7 Å². The summed E-state index contributed by atoms with van der Waals surface area (Å²) in [5, 5.41) is 1.98. The third-order valence-electron chi connectivity index (χ3n) is 4.28. The van der Waals surface area contributed by atoms with Crippen molar-refractivity contribution in [3.8, 4) is 23.0 Å². The Morgan fingerprint density at radius 3 is 2.14 bits per heavy atom. The van der Waals surface area contributed by atoms with E-state index in [-0.39, 0.29) is 0 Å². The van der Waals surface area contributed by atoms with E-state index in [2.05, 4.69) is 0 Å². The first-order valence-corrected chi connectivity index (χ1v) is 8.84. The predicted molar refractivity (Wildman–Crippen MR) is 108 cm³/mol. The zero-order valence-electron chi connectivity index (χ0n) is 15.3. The molecule has 0 radical (unpaired) electrons. The Morgan fingerprint density at radius 2 is 1.36 bits per heavy atom. The van der Waals surface area contributed by atoms with Gasteiger partial charge in [-0.1, -0.05) is 36.4 Å². The van der Waals surface area contributed by atoms with Crippen LogP contribution in [-0.2, 0) is 0 Å². The third-order valence-corrected chi connectivity index (χ3v) is 4.28. The number of esters is 1. The summed E-state index contributed by atoms with van der Waals surface area (Å²) in [6.07, 6.45) is 0. The molecule has 4 nitrogen and oxygen atoms in total. The molecular formula is C24H18O4. The third kappa shape index (κ3) is 3.96. The fourth-order valence-electron chi connectivity index (χ4n) is 2.87. The van der Waals surface area contributed by atoms with Gasteiger partial charge < -0.3 is 14.2 Å². The zero-order chi connectivity index (χ0) is 19.3. The van der Waals surface area contributed by atoms with Crippen LogP contribution in [0.4, 0.5) is 0 Å². The van der Waals surface area contributed by atoms with Gasteiger partial charge in [0.15, 0.2) is 0 Å². The first kappa shape index (κ1) is 17.6. The fourth-order valence-corrected chi connectivity index (χ4v) is 2.87. The minimum Gasteiger partial charge on any atom is -0.497 e. The molecule has 4 rings (SSSR count). The molecule has 138 valence electrons. The van der Waals surface area contributed by atoms with Gasteiger partial charge in [-0.25, -0.2) is 4.79 Å². The summed E-state index contributed by atoms with van der Waals surface area (Å²) in [6.45, 7) is 0. The average molecular weight is 370 g/mol. The van der Waals surface area contributed by atoms with Crippen molar-refractivity contribution in [3.63, 3.8) is 0 Å². The van der Waals surface area contributed by atoms with Crippen LogP contribution in [0.1, 0.15) is 10.4 Å². The maximum Gasteiger partial charge on any atom is 0.343 e. The van der Waals surface area contributed by atoms with Crippen LogP contribution in [0, 0.1) is 0 Å². The van der Waals surface area contributed by atoms with Crippen molar-refractivity contribution in [2.24, 2.45) is 0 Å². The molecule has 4 heteroatoms. The smallest absolute Gasteiger partial charge is 0.343 e. The van der Waals surface area contributed by atoms with Crippen LogP contribution in [0.5, 0.6) is 23.0 Å². The van der Waals surface area contributed by atoms with Gasteiger partial charge in [0.2, 0.25) is 0 Å². The largest absolute Gasteiger partial charge is 0.497 e. The molecule has 0 aliphatic heterocycles. The van der Waals surface area contributed by atoms with Crippen LogP contribution in [-0.4, -0.2) is 13.1 Å². The second-order valence-corrected chi connectivity index (χ2v) is 6.21. The Kier molecular flexibility index (Phi) is 4.93. The van der Waals surface area contributed by atoms with Crippen molar-refractivity contribution in [1.29, 1.82) is 0 Å². The number of carbonyl (C=O) groups excluding carboxylic acids is 1. The van der Waals surface area contributed by atoms with E-state index in [9.17, 15) is 4.79 Å². The molecule has 0 unspecified atom stereocenters. The summed E-state index contributed by atoms with van der Waals surface area (Å²) >= 11 is 0. The molecule has 0 saturated heterocycles. The lowest BCUT2D eigenvalue weighted by Gasteiger charge is -2.09. The minimum absolute atomic E-state index is 0.416. The van der Waals surface area contributed by atoms with Crippen molar-refractivity contribution < 1.29 is 19.0 Å². The number of fused-ring (bicyclic) bond motifs is 1. The number of benzene rings is 4. The highest BCUT2D eigenvalue weighted by Gasteiger charge is 2.11. The van der Waals surface area contributed by atoms with Crippen LogP contribution < -0.4 is 14.2 Å². The standard InChI is InChI=1S/C24H18O4/c1-26-21-12-10-17-11-13-23(16-19(17)15-21)28-24(25)18-6-5-9-22(14-18)27-20-7-3-2-4-8-20/h2-16H,1H3. The molecule has 4 aromatic rings. The van der Waals surface area contributed by atoms with Crippen LogP contribution in [0.25, 0.3) is 10.8 Å². The Labute approximate surface area is 162 Å². The normalized spacial score (nSPS) is 10.5. The van der Waals surface area contributed by atoms with Gasteiger partial charge in [-0.3, -0.25) is 0 Å². The molecular weight excluding hydrogens is 352 g/mol. The Balaban J connectivity index is 1.53. The van der Waals surface area contributed by atoms with Crippen LogP contribution in [0.2, 0.25) is 0 Å². The summed E-state index contributed by atoms with van der Waals surface area (Å²) in [7, 11) is 1.62. The number of methoxy groups -OCH3 is 1. The SMILES string of the molecule is COc1ccc2ccc(OC(=O)c3cccc(Oc4ccccc4)c3)cc2c1. The van der Waals surface area contributed by atoms with Gasteiger partial charge in [0.1, 0.15) is 23.0 Å². The van der Waals surface area contributed by atoms with E-state index < -0.39 is 5.97 Å². The van der Waals surface area contributed by atoms with Gasteiger partial charge in [0, 0.05) is 0 Å². The summed E-state index contributed by atoms with van der Waals surface area (Å²) in [5.74, 6) is 2.06. The first-order valence-electron chi connectivity index (χ1n) is 8.84. The lowest BCUT2D eigenvalue weighted by molar-refractivity contribution is 0.0734. The number of hydrogen-bond donors (Lipinski definition) is 0. The maximum absolute atomic E-state index is 12.6. The van der Waals surface area contributed by atoms with Gasteiger partial charge in [-0.15, -0.1) is 0 Å². The van der Waals surface area contributed by atoms with Crippen LogP contribution in [0.3, 0.4) is 0 Å². The van der Waals surface area contributed by atoms with E-state index in [0.29, 0.717) is 22.8 Å². The number of carbonyl (C=O) groups is 1. The van der Waals surface area contributed by atoms with Gasteiger partial charge in [0.05, 0.1) is 12.7 Å². The number of para-hydroxylation sites is 1. The number of ether oxygens (including phenoxy) is 3. The van der Waals surface area contributed by atoms with Gasteiger partial charge in [0.25, 0.3) is 0 Å². The van der Waals surface area contributed by atoms with E-state index in [0.717, 1.165) is 16.5 Å². The highest BCUT2D eigenvalue weighted by Crippen LogP contribution is 2.26. The summed E-state index contributed by atoms with van der Waals surface area (Å²) in [5.41, 5.74) is 0.416. The first-order chi connectivity index (χ1) is 13.7. The molecule has 0 heterocycles. The Hall–Kier alpha value is -3.79. The molecule has 0 aliphatic carbocycles. The van der Waals surface area contributed by atoms with Gasteiger partial charge in [-0.2, -0.15) is 0 Å². The van der Waals surface area contributed by atoms with Crippen molar-refractivity contribution in [2.75, 3.05) is 7.11 Å². The molecule has 0 fully saturated rings. The molecule has 0 bridgehead atoms. The maximum atomic E-state index is 12.6. The highest BCUT2D eigenvalue weighted by molar-refractivity contribution is 5.92. The molecule has 0 N–H and O–H groups in total. The molecule has 0 amide bonds. The molecule has 0 aliphatic rings. The van der Waals surface area contributed by atoms with E-state index in [1.165, 1.54) is 0 Å². The quantitative estimate of drug-likeness (QED) is 0.326. The predicted octanol–water partition coefficient (Wildman–Crippen LogP) is 5.86. The second-order valence-electron chi connectivity index (χ2n) is 6.21. The summed E-state index contributed by atoms with van der Waals surface area (Å²) in [6, 6.07) is 27.6.